The summed E-state index contributed by atoms with van der Waals surface area (Å²) in [6, 6.07) is 0.0317. The third-order valence-corrected chi connectivity index (χ3v) is 3.74. The van der Waals surface area contributed by atoms with Crippen LogP contribution in [0.5, 0.6) is 0 Å². The number of piperidine rings is 1. The maximum Gasteiger partial charge on any atom is 0.391 e. The largest absolute Gasteiger partial charge is 0.391 e. The van der Waals surface area contributed by atoms with Crippen molar-refractivity contribution in [3.8, 4) is 0 Å². The van der Waals surface area contributed by atoms with Crippen molar-refractivity contribution >= 4 is 0 Å². The van der Waals surface area contributed by atoms with Crippen LogP contribution in [0, 0.1) is 11.8 Å². The molecular weight excluding hydrogens is 219 g/mol. The molecule has 1 N–H and O–H groups in total. The number of rotatable bonds is 1. The fraction of sp³-hybridized carbons (Fsp3) is 1.00. The number of halogens is 3. The number of hydrogen-bond donors (Lipinski definition) is 1. The molecule has 16 heavy (non-hydrogen) atoms. The predicted molar refractivity (Wildman–Crippen MR) is 54.1 cm³/mol. The zero-order valence-electron chi connectivity index (χ0n) is 9.22. The van der Waals surface area contributed by atoms with Crippen molar-refractivity contribution in [3.05, 3.63) is 0 Å². The van der Waals surface area contributed by atoms with Crippen molar-refractivity contribution in [1.82, 2.24) is 5.32 Å². The first-order valence-corrected chi connectivity index (χ1v) is 5.95. The number of alkyl halides is 3. The molecule has 0 bridgehead atoms. The highest BCUT2D eigenvalue weighted by atomic mass is 19.4. The molecule has 2 aliphatic rings. The summed E-state index contributed by atoms with van der Waals surface area (Å²) in [4.78, 5) is 0. The molecule has 0 amide bonds. The Hall–Kier alpha value is -0.290. The van der Waals surface area contributed by atoms with Gasteiger partial charge in [-0.1, -0.05) is 0 Å². The number of nitrogens with one attached hydrogen (secondary N) is 1. The van der Waals surface area contributed by atoms with Crippen LogP contribution in [0.4, 0.5) is 13.2 Å². The van der Waals surface area contributed by atoms with E-state index in [-0.39, 0.29) is 18.9 Å². The zero-order valence-corrected chi connectivity index (χ0v) is 9.22. The van der Waals surface area contributed by atoms with Crippen LogP contribution in [0.15, 0.2) is 0 Å². The molecule has 2 nitrogen and oxygen atoms in total. The third-order valence-electron chi connectivity index (χ3n) is 3.74. The first-order valence-electron chi connectivity index (χ1n) is 5.95. The lowest BCUT2D eigenvalue weighted by molar-refractivity contribution is -0.184. The van der Waals surface area contributed by atoms with Gasteiger partial charge in [0.05, 0.1) is 5.92 Å². The quantitative estimate of drug-likeness (QED) is 0.755. The van der Waals surface area contributed by atoms with Gasteiger partial charge in [0.15, 0.2) is 0 Å². The lowest BCUT2D eigenvalue weighted by atomic mass is 9.82. The third kappa shape index (κ3) is 2.88. The minimum atomic E-state index is -4.02. The number of hydrogen-bond acceptors (Lipinski definition) is 2. The Balaban J connectivity index is 1.90. The van der Waals surface area contributed by atoms with E-state index in [1.165, 1.54) is 0 Å². The Bertz CT molecular complexity index is 226. The van der Waals surface area contributed by atoms with Gasteiger partial charge < -0.3 is 10.1 Å². The van der Waals surface area contributed by atoms with Crippen molar-refractivity contribution in [3.63, 3.8) is 0 Å². The van der Waals surface area contributed by atoms with Gasteiger partial charge >= 0.3 is 6.18 Å². The van der Waals surface area contributed by atoms with Crippen molar-refractivity contribution in [2.45, 2.75) is 37.9 Å². The number of ether oxygens (including phenoxy) is 1. The first kappa shape index (κ1) is 12.2. The van der Waals surface area contributed by atoms with E-state index in [2.05, 4.69) is 5.32 Å². The molecule has 0 aromatic heterocycles. The molecule has 2 atom stereocenters. The average Bonchev–Trinajstić information content (AvgIpc) is 2.29. The van der Waals surface area contributed by atoms with E-state index in [4.69, 9.17) is 4.74 Å². The minimum Gasteiger partial charge on any atom is -0.381 e. The van der Waals surface area contributed by atoms with Gasteiger partial charge in [-0.05, 0) is 38.1 Å². The summed E-state index contributed by atoms with van der Waals surface area (Å²) >= 11 is 0. The summed E-state index contributed by atoms with van der Waals surface area (Å²) in [5, 5.41) is 3.24. The highest BCUT2D eigenvalue weighted by Crippen LogP contribution is 2.36. The van der Waals surface area contributed by atoms with Gasteiger partial charge in [-0.2, -0.15) is 13.2 Å². The van der Waals surface area contributed by atoms with E-state index in [1.807, 2.05) is 0 Å². The highest BCUT2D eigenvalue weighted by Gasteiger charge is 2.43. The van der Waals surface area contributed by atoms with Crippen LogP contribution >= 0.6 is 0 Å². The Morgan fingerprint density at radius 1 is 1.06 bits per heavy atom. The molecule has 0 aliphatic carbocycles. The summed E-state index contributed by atoms with van der Waals surface area (Å²) in [6.07, 6.45) is -1.77. The molecule has 2 fully saturated rings. The summed E-state index contributed by atoms with van der Waals surface area (Å²) in [5.41, 5.74) is 0. The van der Waals surface area contributed by atoms with E-state index in [0.29, 0.717) is 25.7 Å². The topological polar surface area (TPSA) is 21.3 Å². The molecule has 0 saturated carbocycles. The monoisotopic (exact) mass is 237 g/mol. The summed E-state index contributed by atoms with van der Waals surface area (Å²) in [7, 11) is 0. The van der Waals surface area contributed by atoms with E-state index in [1.54, 1.807) is 0 Å². The summed E-state index contributed by atoms with van der Waals surface area (Å²) in [6.45, 7) is 1.88. The van der Waals surface area contributed by atoms with Crippen molar-refractivity contribution < 1.29 is 17.9 Å². The molecule has 2 unspecified atom stereocenters. The predicted octanol–water partition coefficient (Wildman–Crippen LogP) is 2.34. The van der Waals surface area contributed by atoms with Gasteiger partial charge in [0.1, 0.15) is 0 Å². The molecule has 0 spiro atoms. The van der Waals surface area contributed by atoms with Gasteiger partial charge in [-0.3, -0.25) is 0 Å². The van der Waals surface area contributed by atoms with Crippen LogP contribution in [0.25, 0.3) is 0 Å². The van der Waals surface area contributed by atoms with E-state index in [9.17, 15) is 13.2 Å². The molecule has 0 aromatic carbocycles. The molecule has 2 heterocycles. The van der Waals surface area contributed by atoms with E-state index >= 15 is 0 Å². The zero-order chi connectivity index (χ0) is 11.6. The second-order valence-electron chi connectivity index (χ2n) is 4.77. The van der Waals surface area contributed by atoms with Crippen LogP contribution in [0.2, 0.25) is 0 Å². The Morgan fingerprint density at radius 3 is 2.38 bits per heavy atom. The van der Waals surface area contributed by atoms with Crippen LogP contribution in [-0.2, 0) is 4.74 Å². The second-order valence-corrected chi connectivity index (χ2v) is 4.77. The molecule has 5 heteroatoms. The first-order chi connectivity index (χ1) is 7.57. The summed E-state index contributed by atoms with van der Waals surface area (Å²) < 4.78 is 43.1. The van der Waals surface area contributed by atoms with Gasteiger partial charge in [-0.15, -0.1) is 0 Å². The Kier molecular flexibility index (Phi) is 3.74. The van der Waals surface area contributed by atoms with Crippen molar-refractivity contribution in [2.75, 3.05) is 19.8 Å². The SMILES string of the molecule is FC(F)(F)C1CCNC(C2CCOCC2)C1. The maximum absolute atomic E-state index is 12.6. The lowest BCUT2D eigenvalue weighted by Crippen LogP contribution is -2.47. The average molecular weight is 237 g/mol. The fourth-order valence-electron chi connectivity index (χ4n) is 2.73. The maximum atomic E-state index is 12.6. The second kappa shape index (κ2) is 4.92. The molecule has 2 saturated heterocycles. The van der Waals surface area contributed by atoms with Crippen molar-refractivity contribution in [2.24, 2.45) is 11.8 Å². The Morgan fingerprint density at radius 2 is 1.75 bits per heavy atom. The lowest BCUT2D eigenvalue weighted by Gasteiger charge is -2.37. The summed E-state index contributed by atoms with van der Waals surface area (Å²) in [5.74, 6) is -0.750. The van der Waals surface area contributed by atoms with E-state index in [0.717, 1.165) is 12.8 Å². The smallest absolute Gasteiger partial charge is 0.381 e. The molecule has 94 valence electrons. The van der Waals surface area contributed by atoms with Crippen LogP contribution in [0.3, 0.4) is 0 Å². The van der Waals surface area contributed by atoms with Gasteiger partial charge in [0.2, 0.25) is 0 Å². The van der Waals surface area contributed by atoms with Crippen LogP contribution in [0.1, 0.15) is 25.7 Å². The van der Waals surface area contributed by atoms with Crippen molar-refractivity contribution in [1.29, 1.82) is 0 Å². The Labute approximate surface area is 93.5 Å². The molecule has 0 aromatic rings. The highest BCUT2D eigenvalue weighted by molar-refractivity contribution is 4.87. The molecule has 2 rings (SSSR count). The van der Waals surface area contributed by atoms with Gasteiger partial charge in [0, 0.05) is 19.3 Å². The molecular formula is C11H18F3NO. The molecule has 2 aliphatic heterocycles. The standard InChI is InChI=1S/C11H18F3NO/c12-11(13,14)9-1-4-15-10(7-9)8-2-5-16-6-3-8/h8-10,15H,1-7H2. The fourth-order valence-corrected chi connectivity index (χ4v) is 2.73. The minimum absolute atomic E-state index is 0.0317. The van der Waals surface area contributed by atoms with Crippen LogP contribution < -0.4 is 5.32 Å². The normalized spacial score (nSPS) is 33.9. The van der Waals surface area contributed by atoms with Gasteiger partial charge in [0.25, 0.3) is 0 Å². The van der Waals surface area contributed by atoms with Gasteiger partial charge in [-0.25, -0.2) is 0 Å². The molecule has 0 radical (unpaired) electrons. The van der Waals surface area contributed by atoms with E-state index < -0.39 is 12.1 Å². The van der Waals surface area contributed by atoms with Crippen LogP contribution in [-0.4, -0.2) is 32.0 Å².